The van der Waals surface area contributed by atoms with Gasteiger partial charge in [-0.2, -0.15) is 0 Å². The SMILES string of the molecule is CN1C(=O)C(c2c[nH]c3ccncc23)=C(c2cn(C(=O)OC(C)(C)C)c3ccccc23)C1=O. The molecule has 2 amide bonds. The number of aromatic amines is 1. The van der Waals surface area contributed by atoms with Crippen LogP contribution in [0, 0.1) is 0 Å². The summed E-state index contributed by atoms with van der Waals surface area (Å²) in [6.07, 6.45) is 6.03. The van der Waals surface area contributed by atoms with Gasteiger partial charge in [0, 0.05) is 59.3 Å². The normalized spacial score (nSPS) is 14.7. The number of para-hydroxylation sites is 1. The van der Waals surface area contributed by atoms with E-state index in [0.29, 0.717) is 22.0 Å². The summed E-state index contributed by atoms with van der Waals surface area (Å²) in [5.41, 5.74) is 2.29. The molecule has 0 radical (unpaired) electrons. The second kappa shape index (κ2) is 7.16. The smallest absolute Gasteiger partial charge is 0.419 e. The van der Waals surface area contributed by atoms with Crippen LogP contribution in [0.1, 0.15) is 31.9 Å². The lowest BCUT2D eigenvalue weighted by atomic mass is 9.96. The van der Waals surface area contributed by atoms with Crippen molar-refractivity contribution in [1.82, 2.24) is 19.4 Å². The number of amides is 2. The number of nitrogens with zero attached hydrogens (tertiary/aromatic N) is 3. The van der Waals surface area contributed by atoms with Crippen molar-refractivity contribution in [2.24, 2.45) is 0 Å². The minimum absolute atomic E-state index is 0.241. The molecule has 0 fully saturated rings. The van der Waals surface area contributed by atoms with E-state index in [1.165, 1.54) is 11.6 Å². The van der Waals surface area contributed by atoms with Gasteiger partial charge >= 0.3 is 6.09 Å². The summed E-state index contributed by atoms with van der Waals surface area (Å²) in [4.78, 5) is 47.9. The number of hydrogen-bond acceptors (Lipinski definition) is 5. The summed E-state index contributed by atoms with van der Waals surface area (Å²) < 4.78 is 6.95. The van der Waals surface area contributed by atoms with Crippen LogP contribution in [0.3, 0.4) is 0 Å². The molecule has 0 spiro atoms. The van der Waals surface area contributed by atoms with Crippen LogP contribution in [0.4, 0.5) is 4.79 Å². The van der Waals surface area contributed by atoms with E-state index in [9.17, 15) is 14.4 Å². The minimum atomic E-state index is -0.691. The zero-order valence-electron chi connectivity index (χ0n) is 18.7. The van der Waals surface area contributed by atoms with Crippen molar-refractivity contribution in [2.45, 2.75) is 26.4 Å². The Morgan fingerprint density at radius 1 is 1.00 bits per heavy atom. The standard InChI is InChI=1S/C25H22N4O4/c1-25(2,3)33-24(32)29-13-17(14-7-5-6-8-19(14)29)21-20(22(30)28(4)23(21)31)16-12-27-18-9-10-26-11-15(16)18/h5-13,27H,1-4H3. The Kier molecular flexibility index (Phi) is 4.49. The molecule has 0 aliphatic carbocycles. The van der Waals surface area contributed by atoms with E-state index in [1.54, 1.807) is 63.8 Å². The minimum Gasteiger partial charge on any atom is -0.443 e. The van der Waals surface area contributed by atoms with Crippen LogP contribution < -0.4 is 0 Å². The van der Waals surface area contributed by atoms with E-state index in [-0.39, 0.29) is 11.1 Å². The summed E-state index contributed by atoms with van der Waals surface area (Å²) in [5.74, 6) is -0.839. The van der Waals surface area contributed by atoms with Gasteiger partial charge < -0.3 is 9.72 Å². The molecule has 166 valence electrons. The van der Waals surface area contributed by atoms with Crippen molar-refractivity contribution >= 4 is 50.9 Å². The van der Waals surface area contributed by atoms with Gasteiger partial charge in [-0.15, -0.1) is 0 Å². The highest BCUT2D eigenvalue weighted by molar-refractivity contribution is 6.50. The number of aromatic nitrogens is 3. The van der Waals surface area contributed by atoms with E-state index < -0.39 is 23.5 Å². The van der Waals surface area contributed by atoms with E-state index >= 15 is 0 Å². The molecular formula is C25H22N4O4. The number of imide groups is 1. The van der Waals surface area contributed by atoms with Crippen LogP contribution in [0.25, 0.3) is 33.0 Å². The first kappa shape index (κ1) is 20.7. The Bertz CT molecular complexity index is 1500. The Morgan fingerprint density at radius 2 is 1.70 bits per heavy atom. The molecule has 5 rings (SSSR count). The number of pyridine rings is 1. The van der Waals surface area contributed by atoms with E-state index in [4.69, 9.17) is 4.74 Å². The topological polar surface area (TPSA) is 97.3 Å². The molecule has 0 saturated heterocycles. The number of likely N-dealkylation sites (N-methyl/N-ethyl adjacent to an activating group) is 1. The third kappa shape index (κ3) is 3.22. The molecule has 1 aliphatic rings. The van der Waals surface area contributed by atoms with Crippen LogP contribution in [0.2, 0.25) is 0 Å². The highest BCUT2D eigenvalue weighted by atomic mass is 16.6. The average molecular weight is 442 g/mol. The van der Waals surface area contributed by atoms with Crippen molar-refractivity contribution in [3.05, 3.63) is 66.2 Å². The quantitative estimate of drug-likeness (QED) is 0.469. The fourth-order valence-corrected chi connectivity index (χ4v) is 4.15. The molecule has 0 atom stereocenters. The Balaban J connectivity index is 1.79. The molecule has 8 nitrogen and oxygen atoms in total. The van der Waals surface area contributed by atoms with Gasteiger partial charge in [-0.05, 0) is 32.9 Å². The molecule has 1 aromatic carbocycles. The molecule has 33 heavy (non-hydrogen) atoms. The summed E-state index contributed by atoms with van der Waals surface area (Å²) >= 11 is 0. The lowest BCUT2D eigenvalue weighted by molar-refractivity contribution is -0.134. The summed E-state index contributed by atoms with van der Waals surface area (Å²) in [6.45, 7) is 5.37. The van der Waals surface area contributed by atoms with Gasteiger partial charge in [0.1, 0.15) is 5.60 Å². The van der Waals surface area contributed by atoms with Crippen molar-refractivity contribution < 1.29 is 19.1 Å². The van der Waals surface area contributed by atoms with Crippen molar-refractivity contribution in [2.75, 3.05) is 7.05 Å². The molecule has 3 aromatic heterocycles. The highest BCUT2D eigenvalue weighted by Gasteiger charge is 2.39. The van der Waals surface area contributed by atoms with Gasteiger partial charge in [0.25, 0.3) is 11.8 Å². The average Bonchev–Trinajstić information content (AvgIpc) is 3.42. The van der Waals surface area contributed by atoms with Crippen LogP contribution >= 0.6 is 0 Å². The lowest BCUT2D eigenvalue weighted by Gasteiger charge is -2.19. The number of hydrogen-bond donors (Lipinski definition) is 1. The third-order valence-electron chi connectivity index (χ3n) is 5.61. The zero-order valence-corrected chi connectivity index (χ0v) is 18.7. The van der Waals surface area contributed by atoms with Gasteiger partial charge in [0.2, 0.25) is 0 Å². The van der Waals surface area contributed by atoms with Gasteiger partial charge in [0.15, 0.2) is 0 Å². The monoisotopic (exact) mass is 442 g/mol. The fraction of sp³-hybridized carbons (Fsp3) is 0.200. The summed E-state index contributed by atoms with van der Waals surface area (Å²) in [5, 5.41) is 1.41. The maximum atomic E-state index is 13.3. The fourth-order valence-electron chi connectivity index (χ4n) is 4.15. The molecule has 8 heteroatoms. The molecule has 1 N–H and O–H groups in total. The highest BCUT2D eigenvalue weighted by Crippen LogP contribution is 2.40. The number of nitrogens with one attached hydrogen (secondary N) is 1. The molecule has 4 heterocycles. The van der Waals surface area contributed by atoms with Crippen LogP contribution in [-0.4, -0.2) is 50.0 Å². The lowest BCUT2D eigenvalue weighted by Crippen LogP contribution is -2.27. The van der Waals surface area contributed by atoms with Crippen LogP contribution in [0.15, 0.2) is 55.1 Å². The van der Waals surface area contributed by atoms with Crippen LogP contribution in [-0.2, 0) is 14.3 Å². The predicted octanol–water partition coefficient (Wildman–Crippen LogP) is 4.21. The summed E-state index contributed by atoms with van der Waals surface area (Å²) in [6, 6.07) is 9.04. The van der Waals surface area contributed by atoms with E-state index in [1.807, 2.05) is 12.1 Å². The molecule has 4 aromatic rings. The molecular weight excluding hydrogens is 420 g/mol. The Hall–Kier alpha value is -4.20. The van der Waals surface area contributed by atoms with Crippen LogP contribution in [0.5, 0.6) is 0 Å². The molecule has 0 saturated carbocycles. The second-order valence-corrected chi connectivity index (χ2v) is 8.95. The molecule has 1 aliphatic heterocycles. The number of H-pyrrole nitrogens is 1. The number of ether oxygens (including phenoxy) is 1. The first-order chi connectivity index (χ1) is 15.7. The predicted molar refractivity (Wildman–Crippen MR) is 124 cm³/mol. The maximum absolute atomic E-state index is 13.3. The summed E-state index contributed by atoms with van der Waals surface area (Å²) in [7, 11) is 1.46. The van der Waals surface area contributed by atoms with Gasteiger partial charge in [-0.25, -0.2) is 4.79 Å². The van der Waals surface area contributed by atoms with E-state index in [2.05, 4.69) is 9.97 Å². The Morgan fingerprint density at radius 3 is 2.42 bits per heavy atom. The molecule has 0 unspecified atom stereocenters. The Labute approximate surface area is 189 Å². The number of carbonyl (C=O) groups excluding carboxylic acids is 3. The number of rotatable bonds is 2. The van der Waals surface area contributed by atoms with Crippen molar-refractivity contribution in [1.29, 1.82) is 0 Å². The number of carbonyl (C=O) groups is 3. The first-order valence-corrected chi connectivity index (χ1v) is 10.5. The van der Waals surface area contributed by atoms with Gasteiger partial charge in [0.05, 0.1) is 16.7 Å². The largest absolute Gasteiger partial charge is 0.443 e. The second-order valence-electron chi connectivity index (χ2n) is 8.95. The van der Waals surface area contributed by atoms with Gasteiger partial charge in [-0.1, -0.05) is 18.2 Å². The van der Waals surface area contributed by atoms with E-state index in [0.717, 1.165) is 15.8 Å². The van der Waals surface area contributed by atoms with Crippen molar-refractivity contribution in [3.63, 3.8) is 0 Å². The number of benzene rings is 1. The maximum Gasteiger partial charge on any atom is 0.419 e. The zero-order chi connectivity index (χ0) is 23.5. The molecule has 0 bridgehead atoms. The number of fused-ring (bicyclic) bond motifs is 2. The third-order valence-corrected chi connectivity index (χ3v) is 5.61. The van der Waals surface area contributed by atoms with Gasteiger partial charge in [-0.3, -0.25) is 24.0 Å². The van der Waals surface area contributed by atoms with Crippen molar-refractivity contribution in [3.8, 4) is 0 Å². The first-order valence-electron chi connectivity index (χ1n) is 10.5.